The van der Waals surface area contributed by atoms with Crippen molar-refractivity contribution in [3.8, 4) is 5.75 Å². The van der Waals surface area contributed by atoms with E-state index in [9.17, 15) is 9.90 Å². The van der Waals surface area contributed by atoms with Gasteiger partial charge in [0, 0.05) is 24.7 Å². The summed E-state index contributed by atoms with van der Waals surface area (Å²) in [5.41, 5.74) is 0.572. The first-order chi connectivity index (χ1) is 11.1. The summed E-state index contributed by atoms with van der Waals surface area (Å²) in [6.45, 7) is 1.20. The van der Waals surface area contributed by atoms with E-state index in [2.05, 4.69) is 5.32 Å². The molecule has 6 nitrogen and oxygen atoms in total. The lowest BCUT2D eigenvalue weighted by Crippen LogP contribution is -2.66. The van der Waals surface area contributed by atoms with Crippen molar-refractivity contribution in [2.45, 2.75) is 38.0 Å². The highest BCUT2D eigenvalue weighted by molar-refractivity contribution is 5.78. The monoisotopic (exact) mass is 321 g/mol. The molecule has 126 valence electrons. The second-order valence-electron chi connectivity index (χ2n) is 6.31. The topological polar surface area (TPSA) is 88.0 Å². The second-order valence-corrected chi connectivity index (χ2v) is 6.31. The maximum absolute atomic E-state index is 12.1. The van der Waals surface area contributed by atoms with E-state index in [0.717, 1.165) is 18.4 Å². The molecular formula is C17H23NO5. The summed E-state index contributed by atoms with van der Waals surface area (Å²) in [5.74, 6) is 0.408. The molecule has 0 bridgehead atoms. The summed E-state index contributed by atoms with van der Waals surface area (Å²) in [5, 5.41) is 22.1. The third kappa shape index (κ3) is 3.34. The Morgan fingerprint density at radius 2 is 2.00 bits per heavy atom. The molecule has 1 aromatic carbocycles. The van der Waals surface area contributed by atoms with Crippen molar-refractivity contribution < 1.29 is 24.5 Å². The number of ether oxygens (including phenoxy) is 2. The lowest BCUT2D eigenvalue weighted by molar-refractivity contribution is -0.156. The van der Waals surface area contributed by atoms with E-state index >= 15 is 0 Å². The number of carbonyl (C=O) groups is 1. The molecule has 1 aliphatic carbocycles. The molecule has 3 rings (SSSR count). The van der Waals surface area contributed by atoms with Crippen LogP contribution in [0.15, 0.2) is 24.3 Å². The smallest absolute Gasteiger partial charge is 0.258 e. The number of hydrogen-bond donors (Lipinski definition) is 3. The maximum Gasteiger partial charge on any atom is 0.258 e. The van der Waals surface area contributed by atoms with Gasteiger partial charge in [-0.15, -0.1) is 0 Å². The van der Waals surface area contributed by atoms with E-state index in [1.807, 2.05) is 0 Å². The summed E-state index contributed by atoms with van der Waals surface area (Å²) in [7, 11) is 0. The Morgan fingerprint density at radius 1 is 1.30 bits per heavy atom. The molecule has 3 N–H and O–H groups in total. The van der Waals surface area contributed by atoms with Crippen LogP contribution in [0.5, 0.6) is 5.75 Å². The largest absolute Gasteiger partial charge is 0.484 e. The number of aliphatic hydroxyl groups excluding tert-OH is 2. The standard InChI is InChI=1S/C17H23NO5/c19-10-12-1-3-13(4-2-12)23-11-16(21)18-14-9-15(20)17(14)5-7-22-8-6-17/h1-4,14-15,19-20H,5-11H2,(H,18,21)/t14-,15-/m1/s1. The van der Waals surface area contributed by atoms with Crippen LogP contribution in [0.2, 0.25) is 0 Å². The van der Waals surface area contributed by atoms with E-state index < -0.39 is 0 Å². The van der Waals surface area contributed by atoms with Crippen LogP contribution in [0, 0.1) is 5.41 Å². The minimum Gasteiger partial charge on any atom is -0.484 e. The average molecular weight is 321 g/mol. The molecule has 0 radical (unpaired) electrons. The fraction of sp³-hybridized carbons (Fsp3) is 0.588. The highest BCUT2D eigenvalue weighted by Gasteiger charge is 2.55. The van der Waals surface area contributed by atoms with E-state index in [0.29, 0.717) is 25.4 Å². The first kappa shape index (κ1) is 16.2. The van der Waals surface area contributed by atoms with Gasteiger partial charge in [-0.2, -0.15) is 0 Å². The van der Waals surface area contributed by atoms with Crippen LogP contribution in [-0.2, 0) is 16.1 Å². The highest BCUT2D eigenvalue weighted by atomic mass is 16.5. The molecule has 1 spiro atoms. The van der Waals surface area contributed by atoms with Crippen molar-refractivity contribution in [2.24, 2.45) is 5.41 Å². The molecule has 0 aromatic heterocycles. The van der Waals surface area contributed by atoms with E-state index in [1.165, 1.54) is 0 Å². The van der Waals surface area contributed by atoms with Crippen molar-refractivity contribution in [1.82, 2.24) is 5.32 Å². The fourth-order valence-electron chi connectivity index (χ4n) is 3.48. The van der Waals surface area contributed by atoms with Gasteiger partial charge in [0.2, 0.25) is 0 Å². The normalized spacial score (nSPS) is 25.7. The van der Waals surface area contributed by atoms with Crippen LogP contribution in [0.1, 0.15) is 24.8 Å². The Kier molecular flexibility index (Phi) is 4.84. The van der Waals surface area contributed by atoms with Gasteiger partial charge in [0.1, 0.15) is 5.75 Å². The van der Waals surface area contributed by atoms with Gasteiger partial charge in [-0.25, -0.2) is 0 Å². The maximum atomic E-state index is 12.1. The molecule has 0 unspecified atom stereocenters. The summed E-state index contributed by atoms with van der Waals surface area (Å²) < 4.78 is 10.8. The number of hydrogen-bond acceptors (Lipinski definition) is 5. The second kappa shape index (κ2) is 6.86. The Bertz CT molecular complexity index is 538. The Labute approximate surface area is 135 Å². The molecule has 1 heterocycles. The fourth-order valence-corrected chi connectivity index (χ4v) is 3.48. The molecule has 1 amide bonds. The first-order valence-corrected chi connectivity index (χ1v) is 8.02. The van der Waals surface area contributed by atoms with Crippen LogP contribution in [0.25, 0.3) is 0 Å². The number of benzene rings is 1. The zero-order chi connectivity index (χ0) is 16.3. The zero-order valence-electron chi connectivity index (χ0n) is 13.0. The predicted molar refractivity (Wildman–Crippen MR) is 82.9 cm³/mol. The number of nitrogens with one attached hydrogen (secondary N) is 1. The van der Waals surface area contributed by atoms with Crippen LogP contribution in [-0.4, -0.2) is 48.1 Å². The Hall–Kier alpha value is -1.63. The summed E-state index contributed by atoms with van der Waals surface area (Å²) in [6, 6.07) is 6.96. The third-order valence-electron chi connectivity index (χ3n) is 5.05. The Morgan fingerprint density at radius 3 is 2.61 bits per heavy atom. The van der Waals surface area contributed by atoms with Gasteiger partial charge in [0.15, 0.2) is 6.61 Å². The number of amides is 1. The van der Waals surface area contributed by atoms with E-state index in [-0.39, 0.29) is 36.7 Å². The molecule has 2 fully saturated rings. The number of rotatable bonds is 5. The molecule has 6 heteroatoms. The van der Waals surface area contributed by atoms with Gasteiger partial charge in [-0.05, 0) is 37.0 Å². The minimum absolute atomic E-state index is 0.00531. The van der Waals surface area contributed by atoms with Gasteiger partial charge >= 0.3 is 0 Å². The third-order valence-corrected chi connectivity index (χ3v) is 5.05. The van der Waals surface area contributed by atoms with Crippen molar-refractivity contribution in [2.75, 3.05) is 19.8 Å². The number of aliphatic hydroxyl groups is 2. The van der Waals surface area contributed by atoms with E-state index in [1.54, 1.807) is 24.3 Å². The Balaban J connectivity index is 1.49. The molecule has 1 aliphatic heterocycles. The lowest BCUT2D eigenvalue weighted by atomic mass is 9.58. The van der Waals surface area contributed by atoms with Gasteiger partial charge in [0.05, 0.1) is 12.7 Å². The summed E-state index contributed by atoms with van der Waals surface area (Å²) in [4.78, 5) is 12.1. The van der Waals surface area contributed by atoms with Crippen LogP contribution in [0.4, 0.5) is 0 Å². The van der Waals surface area contributed by atoms with Crippen LogP contribution in [0.3, 0.4) is 0 Å². The quantitative estimate of drug-likeness (QED) is 0.739. The van der Waals surface area contributed by atoms with Crippen molar-refractivity contribution in [3.63, 3.8) is 0 Å². The molecule has 1 saturated carbocycles. The van der Waals surface area contributed by atoms with Gasteiger partial charge < -0.3 is 25.0 Å². The van der Waals surface area contributed by atoms with E-state index in [4.69, 9.17) is 14.6 Å². The minimum atomic E-state index is -0.358. The van der Waals surface area contributed by atoms with Crippen molar-refractivity contribution in [3.05, 3.63) is 29.8 Å². The summed E-state index contributed by atoms with van der Waals surface area (Å²) in [6.07, 6.45) is 1.80. The number of carbonyl (C=O) groups excluding carboxylic acids is 1. The molecule has 1 saturated heterocycles. The van der Waals surface area contributed by atoms with Crippen LogP contribution < -0.4 is 10.1 Å². The highest BCUT2D eigenvalue weighted by Crippen LogP contribution is 2.48. The predicted octanol–water partition coefficient (Wildman–Crippen LogP) is 0.604. The SMILES string of the molecule is O=C(COc1ccc(CO)cc1)N[C@@H]1C[C@@H](O)C12CCOCC2. The van der Waals surface area contributed by atoms with Gasteiger partial charge in [0.25, 0.3) is 5.91 Å². The van der Waals surface area contributed by atoms with Crippen molar-refractivity contribution in [1.29, 1.82) is 0 Å². The zero-order valence-corrected chi connectivity index (χ0v) is 13.0. The molecule has 2 aliphatic rings. The lowest BCUT2D eigenvalue weighted by Gasteiger charge is -2.55. The van der Waals surface area contributed by atoms with Gasteiger partial charge in [-0.3, -0.25) is 4.79 Å². The summed E-state index contributed by atoms with van der Waals surface area (Å²) >= 11 is 0. The van der Waals surface area contributed by atoms with Gasteiger partial charge in [-0.1, -0.05) is 12.1 Å². The molecule has 2 atom stereocenters. The van der Waals surface area contributed by atoms with Crippen molar-refractivity contribution >= 4 is 5.91 Å². The van der Waals surface area contributed by atoms with Crippen LogP contribution >= 0.6 is 0 Å². The first-order valence-electron chi connectivity index (χ1n) is 8.02. The molecule has 1 aromatic rings. The molecular weight excluding hydrogens is 298 g/mol. The molecule has 23 heavy (non-hydrogen) atoms. The average Bonchev–Trinajstić information content (AvgIpc) is 2.61.